The predicted molar refractivity (Wildman–Crippen MR) is 148 cm³/mol. The van der Waals surface area contributed by atoms with Crippen LogP contribution in [0.2, 0.25) is 10.0 Å². The molecular formula is C28H29Cl2N3O3. The Kier molecular flexibility index (Phi) is 9.04. The SMILES string of the molecule is Cc1cc(OC/C(=C(/N)C(C)C)N(N)c2c(Cl)cccc2Cl)ccc1/C=C/c1cccc(C(=O)O)c1. The van der Waals surface area contributed by atoms with E-state index < -0.39 is 5.97 Å². The summed E-state index contributed by atoms with van der Waals surface area (Å²) in [6.07, 6.45) is 3.81. The lowest BCUT2D eigenvalue weighted by atomic mass is 10.1. The highest BCUT2D eigenvalue weighted by Gasteiger charge is 2.20. The summed E-state index contributed by atoms with van der Waals surface area (Å²) in [4.78, 5) is 11.2. The number of allylic oxidation sites excluding steroid dienone is 1. The van der Waals surface area contributed by atoms with E-state index in [1.807, 2.05) is 57.2 Å². The first kappa shape index (κ1) is 27.1. The van der Waals surface area contributed by atoms with E-state index in [9.17, 15) is 9.90 Å². The van der Waals surface area contributed by atoms with Crippen LogP contribution in [0.5, 0.6) is 5.75 Å². The van der Waals surface area contributed by atoms with E-state index >= 15 is 0 Å². The summed E-state index contributed by atoms with van der Waals surface area (Å²) in [5.74, 6) is 6.13. The molecule has 8 heteroatoms. The van der Waals surface area contributed by atoms with Crippen LogP contribution < -0.4 is 21.3 Å². The number of halogens is 2. The number of hydrogen-bond acceptors (Lipinski definition) is 5. The standard InChI is InChI=1S/C28H29Cl2N3O3/c1-17(2)26(31)25(33(32)27-23(29)8-5-9-24(27)30)16-36-22-13-12-20(18(3)14-22)11-10-19-6-4-7-21(15-19)28(34)35/h4-15,17H,16,31-32H2,1-3H3,(H,34,35)/b11-10+,26-25-. The second-order valence-corrected chi connectivity index (χ2v) is 9.38. The van der Waals surface area contributed by atoms with Gasteiger partial charge in [0.1, 0.15) is 12.4 Å². The zero-order valence-electron chi connectivity index (χ0n) is 20.3. The number of para-hydroxylation sites is 1. The Hall–Kier alpha value is -3.45. The number of benzene rings is 3. The Labute approximate surface area is 221 Å². The zero-order chi connectivity index (χ0) is 26.4. The van der Waals surface area contributed by atoms with Crippen LogP contribution in [0.25, 0.3) is 12.2 Å². The average Bonchev–Trinajstić information content (AvgIpc) is 2.83. The number of hydrogen-bond donors (Lipinski definition) is 3. The van der Waals surface area contributed by atoms with Crippen LogP contribution >= 0.6 is 23.2 Å². The molecule has 36 heavy (non-hydrogen) atoms. The van der Waals surface area contributed by atoms with E-state index in [1.165, 1.54) is 5.01 Å². The van der Waals surface area contributed by atoms with Gasteiger partial charge in [0.2, 0.25) is 0 Å². The summed E-state index contributed by atoms with van der Waals surface area (Å²) >= 11 is 12.7. The van der Waals surface area contributed by atoms with Crippen molar-refractivity contribution in [3.05, 3.63) is 104 Å². The fourth-order valence-corrected chi connectivity index (χ4v) is 4.10. The fourth-order valence-electron chi connectivity index (χ4n) is 3.52. The number of aromatic carboxylic acids is 1. The largest absolute Gasteiger partial charge is 0.487 e. The number of nitrogens with zero attached hydrogens (tertiary/aromatic N) is 1. The monoisotopic (exact) mass is 525 g/mol. The Morgan fingerprint density at radius 3 is 2.33 bits per heavy atom. The molecule has 0 aliphatic heterocycles. The Bertz CT molecular complexity index is 1300. The number of carboxylic acids is 1. The van der Waals surface area contributed by atoms with Gasteiger partial charge < -0.3 is 15.6 Å². The molecule has 3 aromatic rings. The van der Waals surface area contributed by atoms with Crippen LogP contribution in [0.4, 0.5) is 5.69 Å². The van der Waals surface area contributed by atoms with Gasteiger partial charge >= 0.3 is 5.97 Å². The number of carboxylic acid groups (broad SMARTS) is 1. The maximum atomic E-state index is 11.2. The van der Waals surface area contributed by atoms with Crippen LogP contribution in [0.3, 0.4) is 0 Å². The summed E-state index contributed by atoms with van der Waals surface area (Å²) in [6, 6.07) is 17.6. The lowest BCUT2D eigenvalue weighted by molar-refractivity contribution is 0.0697. The molecule has 0 bridgehead atoms. The van der Waals surface area contributed by atoms with Crippen molar-refractivity contribution in [2.75, 3.05) is 11.6 Å². The number of aryl methyl sites for hydroxylation is 1. The van der Waals surface area contributed by atoms with Crippen molar-refractivity contribution in [1.29, 1.82) is 0 Å². The lowest BCUT2D eigenvalue weighted by Crippen LogP contribution is -2.36. The van der Waals surface area contributed by atoms with Crippen LogP contribution in [-0.4, -0.2) is 17.7 Å². The highest BCUT2D eigenvalue weighted by atomic mass is 35.5. The number of hydrazine groups is 1. The highest BCUT2D eigenvalue weighted by Crippen LogP contribution is 2.34. The normalized spacial score (nSPS) is 12.1. The molecule has 0 saturated heterocycles. The van der Waals surface area contributed by atoms with Gasteiger partial charge in [-0.15, -0.1) is 0 Å². The fraction of sp³-hybridized carbons (Fsp3) is 0.179. The van der Waals surface area contributed by atoms with Crippen molar-refractivity contribution < 1.29 is 14.6 Å². The molecule has 0 fully saturated rings. The van der Waals surface area contributed by atoms with Gasteiger partial charge in [0.05, 0.1) is 27.0 Å². The maximum absolute atomic E-state index is 11.2. The number of anilines is 1. The van der Waals surface area contributed by atoms with Crippen molar-refractivity contribution in [3.8, 4) is 5.75 Å². The Morgan fingerprint density at radius 1 is 1.06 bits per heavy atom. The van der Waals surface area contributed by atoms with Crippen molar-refractivity contribution in [3.63, 3.8) is 0 Å². The molecule has 3 aromatic carbocycles. The van der Waals surface area contributed by atoms with Crippen molar-refractivity contribution in [2.45, 2.75) is 20.8 Å². The molecule has 188 valence electrons. The zero-order valence-corrected chi connectivity index (χ0v) is 21.8. The molecule has 0 aliphatic carbocycles. The molecule has 0 amide bonds. The number of nitrogens with two attached hydrogens (primary N) is 2. The molecule has 0 spiro atoms. The second-order valence-electron chi connectivity index (χ2n) is 8.57. The lowest BCUT2D eigenvalue weighted by Gasteiger charge is -2.27. The van der Waals surface area contributed by atoms with Gasteiger partial charge in [-0.25, -0.2) is 10.6 Å². The molecule has 0 aromatic heterocycles. The Morgan fingerprint density at radius 2 is 1.72 bits per heavy atom. The Balaban J connectivity index is 1.80. The number of carbonyl (C=O) groups is 1. The van der Waals surface area contributed by atoms with E-state index in [4.69, 9.17) is 39.5 Å². The molecular weight excluding hydrogens is 497 g/mol. The first-order chi connectivity index (χ1) is 17.1. The van der Waals surface area contributed by atoms with Gasteiger partial charge in [0.25, 0.3) is 0 Å². The molecule has 6 nitrogen and oxygen atoms in total. The van der Waals surface area contributed by atoms with E-state index in [0.29, 0.717) is 32.9 Å². The third kappa shape index (κ3) is 6.61. The topological polar surface area (TPSA) is 102 Å². The van der Waals surface area contributed by atoms with Gasteiger partial charge in [0, 0.05) is 5.70 Å². The first-order valence-corrected chi connectivity index (χ1v) is 12.1. The van der Waals surface area contributed by atoms with Gasteiger partial charge in [-0.3, -0.25) is 5.01 Å². The first-order valence-electron chi connectivity index (χ1n) is 11.3. The van der Waals surface area contributed by atoms with Crippen molar-refractivity contribution in [1.82, 2.24) is 0 Å². The maximum Gasteiger partial charge on any atom is 0.335 e. The third-order valence-corrected chi connectivity index (χ3v) is 6.24. The quantitative estimate of drug-likeness (QED) is 0.162. The minimum Gasteiger partial charge on any atom is -0.487 e. The second kappa shape index (κ2) is 12.0. The molecule has 0 saturated carbocycles. The number of rotatable bonds is 9. The van der Waals surface area contributed by atoms with Crippen LogP contribution in [0, 0.1) is 12.8 Å². The van der Waals surface area contributed by atoms with Crippen LogP contribution in [-0.2, 0) is 0 Å². The van der Waals surface area contributed by atoms with Gasteiger partial charge in [-0.05, 0) is 65.9 Å². The molecule has 0 heterocycles. The third-order valence-electron chi connectivity index (χ3n) is 5.63. The van der Waals surface area contributed by atoms with E-state index in [-0.39, 0.29) is 18.1 Å². The van der Waals surface area contributed by atoms with E-state index in [2.05, 4.69) is 0 Å². The van der Waals surface area contributed by atoms with Gasteiger partial charge in [-0.2, -0.15) is 0 Å². The van der Waals surface area contributed by atoms with Crippen LogP contribution in [0.1, 0.15) is 40.9 Å². The summed E-state index contributed by atoms with van der Waals surface area (Å²) in [7, 11) is 0. The summed E-state index contributed by atoms with van der Waals surface area (Å²) in [6.45, 7) is 6.01. The van der Waals surface area contributed by atoms with E-state index in [1.54, 1.807) is 36.4 Å². The summed E-state index contributed by atoms with van der Waals surface area (Å²) in [5.41, 5.74) is 11.0. The summed E-state index contributed by atoms with van der Waals surface area (Å²) in [5, 5.41) is 11.4. The molecule has 0 unspecified atom stereocenters. The molecule has 0 atom stereocenters. The molecule has 0 radical (unpaired) electrons. The van der Waals surface area contributed by atoms with Gasteiger partial charge in [-0.1, -0.05) is 73.5 Å². The minimum atomic E-state index is -0.956. The highest BCUT2D eigenvalue weighted by molar-refractivity contribution is 6.39. The predicted octanol–water partition coefficient (Wildman–Crippen LogP) is 6.76. The van der Waals surface area contributed by atoms with Crippen LogP contribution in [0.15, 0.2) is 72.1 Å². The molecule has 3 rings (SSSR count). The minimum absolute atomic E-state index is 0.0183. The average molecular weight is 526 g/mol. The molecule has 5 N–H and O–H groups in total. The molecule has 0 aliphatic rings. The smallest absolute Gasteiger partial charge is 0.335 e. The van der Waals surface area contributed by atoms with Crippen molar-refractivity contribution >= 4 is 47.0 Å². The number of ether oxygens (including phenoxy) is 1. The summed E-state index contributed by atoms with van der Waals surface area (Å²) < 4.78 is 6.07. The van der Waals surface area contributed by atoms with E-state index in [0.717, 1.165) is 16.7 Å². The van der Waals surface area contributed by atoms with Crippen molar-refractivity contribution in [2.24, 2.45) is 17.5 Å². The van der Waals surface area contributed by atoms with Gasteiger partial charge in [0.15, 0.2) is 0 Å².